The Kier molecular flexibility index (Phi) is 6.65. The van der Waals surface area contributed by atoms with Gasteiger partial charge in [-0.3, -0.25) is 9.69 Å². The van der Waals surface area contributed by atoms with Crippen molar-refractivity contribution in [3.05, 3.63) is 60.2 Å². The fourth-order valence-electron chi connectivity index (χ4n) is 4.38. The molecule has 2 aliphatic rings. The summed E-state index contributed by atoms with van der Waals surface area (Å²) in [5, 5.41) is 3.01. The number of hydrogen-bond acceptors (Lipinski definition) is 5. The lowest BCUT2D eigenvalue weighted by Gasteiger charge is -2.34. The Bertz CT molecular complexity index is 926. The van der Waals surface area contributed by atoms with Crippen molar-refractivity contribution >= 4 is 23.4 Å². The summed E-state index contributed by atoms with van der Waals surface area (Å²) in [5.41, 5.74) is 1.89. The first-order valence-corrected chi connectivity index (χ1v) is 11.3. The average molecular weight is 437 g/mol. The summed E-state index contributed by atoms with van der Waals surface area (Å²) >= 11 is 0. The summed E-state index contributed by atoms with van der Waals surface area (Å²) in [7, 11) is 2.14. The zero-order valence-electron chi connectivity index (χ0n) is 18.9. The zero-order valence-corrected chi connectivity index (χ0v) is 18.9. The number of nitrogens with one attached hydrogen (secondary N) is 1. The van der Waals surface area contributed by atoms with Gasteiger partial charge in [0.25, 0.3) is 0 Å². The van der Waals surface area contributed by atoms with Crippen LogP contribution in [-0.4, -0.2) is 67.1 Å². The number of carbonyl (C=O) groups is 2. The lowest BCUT2D eigenvalue weighted by molar-refractivity contribution is -0.125. The molecule has 2 aliphatic heterocycles. The lowest BCUT2D eigenvalue weighted by atomic mass is 9.97. The van der Waals surface area contributed by atoms with Crippen molar-refractivity contribution in [2.45, 2.75) is 31.9 Å². The summed E-state index contributed by atoms with van der Waals surface area (Å²) in [6.45, 7) is 6.62. The number of rotatable bonds is 5. The minimum atomic E-state index is -0.927. The highest BCUT2D eigenvalue weighted by molar-refractivity contribution is 6.00. The van der Waals surface area contributed by atoms with Gasteiger partial charge in [0.05, 0.1) is 0 Å². The largest absolute Gasteiger partial charge is 0.445 e. The molecule has 1 N–H and O–H groups in total. The van der Waals surface area contributed by atoms with Gasteiger partial charge in [-0.15, -0.1) is 0 Å². The molecule has 0 aromatic heterocycles. The van der Waals surface area contributed by atoms with E-state index in [1.807, 2.05) is 61.5 Å². The van der Waals surface area contributed by atoms with E-state index < -0.39 is 11.6 Å². The smallest absolute Gasteiger partial charge is 0.410 e. The summed E-state index contributed by atoms with van der Waals surface area (Å²) in [4.78, 5) is 32.2. The van der Waals surface area contributed by atoms with Crippen molar-refractivity contribution in [2.75, 3.05) is 50.0 Å². The Labute approximate surface area is 189 Å². The van der Waals surface area contributed by atoms with E-state index in [0.717, 1.165) is 49.5 Å². The van der Waals surface area contributed by atoms with Crippen LogP contribution in [0, 0.1) is 0 Å². The van der Waals surface area contributed by atoms with Gasteiger partial charge >= 0.3 is 6.09 Å². The molecule has 2 saturated heterocycles. The number of likely N-dealkylation sites (N-methyl/N-ethyl adjacent to an activating group) is 1. The van der Waals surface area contributed by atoms with Crippen LogP contribution in [0.25, 0.3) is 0 Å². The first-order valence-electron chi connectivity index (χ1n) is 11.3. The number of carbonyl (C=O) groups excluding carboxylic acids is 2. The average Bonchev–Trinajstić information content (AvgIpc) is 3.22. The van der Waals surface area contributed by atoms with Crippen LogP contribution in [0.5, 0.6) is 0 Å². The van der Waals surface area contributed by atoms with E-state index >= 15 is 0 Å². The molecule has 0 radical (unpaired) electrons. The minimum Gasteiger partial charge on any atom is -0.445 e. The molecule has 2 fully saturated rings. The van der Waals surface area contributed by atoms with Crippen molar-refractivity contribution in [1.29, 1.82) is 0 Å². The van der Waals surface area contributed by atoms with Gasteiger partial charge in [-0.1, -0.05) is 30.3 Å². The van der Waals surface area contributed by atoms with E-state index in [-0.39, 0.29) is 12.5 Å². The normalized spacial score (nSPS) is 21.4. The molecule has 7 heteroatoms. The Morgan fingerprint density at radius 2 is 1.66 bits per heavy atom. The van der Waals surface area contributed by atoms with E-state index in [9.17, 15) is 9.59 Å². The number of ether oxygens (including phenoxy) is 1. The van der Waals surface area contributed by atoms with E-state index in [2.05, 4.69) is 22.2 Å². The van der Waals surface area contributed by atoms with E-state index in [1.54, 1.807) is 4.90 Å². The number of anilines is 2. The third-order valence-corrected chi connectivity index (χ3v) is 6.55. The van der Waals surface area contributed by atoms with Gasteiger partial charge in [-0.2, -0.15) is 0 Å². The molecule has 7 nitrogen and oxygen atoms in total. The molecular formula is C25H32N4O3. The van der Waals surface area contributed by atoms with Crippen LogP contribution < -0.4 is 10.2 Å². The highest BCUT2D eigenvalue weighted by Gasteiger charge is 2.46. The molecule has 2 heterocycles. The molecule has 2 amide bonds. The molecule has 1 unspecified atom stereocenters. The Morgan fingerprint density at radius 1 is 0.969 bits per heavy atom. The summed E-state index contributed by atoms with van der Waals surface area (Å²) in [5.74, 6) is -0.181. The predicted octanol–water partition coefficient (Wildman–Crippen LogP) is 3.57. The van der Waals surface area contributed by atoms with E-state index in [4.69, 9.17) is 4.74 Å². The van der Waals surface area contributed by atoms with Gasteiger partial charge in [-0.25, -0.2) is 4.79 Å². The number of nitrogens with zero attached hydrogens (tertiary/aromatic N) is 3. The van der Waals surface area contributed by atoms with Crippen LogP contribution in [0.4, 0.5) is 16.2 Å². The molecule has 0 spiro atoms. The zero-order chi connectivity index (χ0) is 22.6. The van der Waals surface area contributed by atoms with Crippen molar-refractivity contribution in [1.82, 2.24) is 9.80 Å². The van der Waals surface area contributed by atoms with Gasteiger partial charge in [0.15, 0.2) is 0 Å². The lowest BCUT2D eigenvalue weighted by Crippen LogP contribution is -2.53. The quantitative estimate of drug-likeness (QED) is 0.776. The standard InChI is InChI=1S/C25H32N4O3/c1-25(13-6-14-29(25)24(31)32-19-20-7-4-3-5-8-20)23(30)26-21-9-11-22(12-10-21)28-17-15-27(2)16-18-28/h3-5,7-12H,6,13-19H2,1-2H3,(H,26,30). The minimum absolute atomic E-state index is 0.181. The molecule has 170 valence electrons. The maximum absolute atomic E-state index is 13.2. The predicted molar refractivity (Wildman–Crippen MR) is 126 cm³/mol. The molecule has 4 rings (SSSR count). The van der Waals surface area contributed by atoms with Crippen LogP contribution in [0.3, 0.4) is 0 Å². The molecule has 0 bridgehead atoms. The fourth-order valence-corrected chi connectivity index (χ4v) is 4.38. The van der Waals surface area contributed by atoms with Crippen LogP contribution in [0.15, 0.2) is 54.6 Å². The maximum Gasteiger partial charge on any atom is 0.410 e. The molecule has 32 heavy (non-hydrogen) atoms. The second-order valence-corrected chi connectivity index (χ2v) is 8.86. The SMILES string of the molecule is CN1CCN(c2ccc(NC(=O)C3(C)CCCN3C(=O)OCc3ccccc3)cc2)CC1. The number of amides is 2. The van der Waals surface area contributed by atoms with Crippen molar-refractivity contribution in [3.63, 3.8) is 0 Å². The Morgan fingerprint density at radius 3 is 2.34 bits per heavy atom. The number of piperazine rings is 1. The Balaban J connectivity index is 1.36. The molecule has 0 saturated carbocycles. The van der Waals surface area contributed by atoms with Crippen LogP contribution in [-0.2, 0) is 16.1 Å². The topological polar surface area (TPSA) is 65.1 Å². The summed E-state index contributed by atoms with van der Waals surface area (Å²) in [6, 6.07) is 17.5. The van der Waals surface area contributed by atoms with Gasteiger partial charge in [0.1, 0.15) is 12.1 Å². The van der Waals surface area contributed by atoms with Gasteiger partial charge < -0.3 is 19.9 Å². The van der Waals surface area contributed by atoms with Crippen LogP contribution >= 0.6 is 0 Å². The highest BCUT2D eigenvalue weighted by Crippen LogP contribution is 2.31. The Hall–Kier alpha value is -3.06. The number of benzene rings is 2. The number of likely N-dealkylation sites (tertiary alicyclic amines) is 1. The first-order chi connectivity index (χ1) is 15.5. The second-order valence-electron chi connectivity index (χ2n) is 8.86. The third kappa shape index (κ3) is 4.88. The van der Waals surface area contributed by atoms with Gasteiger partial charge in [-0.05, 0) is 56.6 Å². The molecular weight excluding hydrogens is 404 g/mol. The maximum atomic E-state index is 13.2. The van der Waals surface area contributed by atoms with Crippen molar-refractivity contribution in [2.24, 2.45) is 0 Å². The molecule has 2 aromatic rings. The van der Waals surface area contributed by atoms with Gasteiger partial charge in [0, 0.05) is 44.1 Å². The number of hydrogen-bond donors (Lipinski definition) is 1. The summed E-state index contributed by atoms with van der Waals surface area (Å²) in [6.07, 6.45) is 0.931. The van der Waals surface area contributed by atoms with Crippen LogP contribution in [0.2, 0.25) is 0 Å². The van der Waals surface area contributed by atoms with Crippen molar-refractivity contribution in [3.8, 4) is 0 Å². The van der Waals surface area contributed by atoms with Gasteiger partial charge in [0.2, 0.25) is 5.91 Å². The molecule has 1 atom stereocenters. The monoisotopic (exact) mass is 436 g/mol. The first kappa shape index (κ1) is 22.1. The molecule has 2 aromatic carbocycles. The fraction of sp³-hybridized carbons (Fsp3) is 0.440. The second kappa shape index (κ2) is 9.61. The third-order valence-electron chi connectivity index (χ3n) is 6.55. The van der Waals surface area contributed by atoms with E-state index in [1.165, 1.54) is 0 Å². The molecule has 0 aliphatic carbocycles. The van der Waals surface area contributed by atoms with Crippen molar-refractivity contribution < 1.29 is 14.3 Å². The van der Waals surface area contributed by atoms with Crippen LogP contribution in [0.1, 0.15) is 25.3 Å². The summed E-state index contributed by atoms with van der Waals surface area (Å²) < 4.78 is 5.50. The van der Waals surface area contributed by atoms with E-state index in [0.29, 0.717) is 13.0 Å². The highest BCUT2D eigenvalue weighted by atomic mass is 16.6.